The van der Waals surface area contributed by atoms with Gasteiger partial charge in [0.25, 0.3) is 0 Å². The molecule has 0 amide bonds. The van der Waals surface area contributed by atoms with Gasteiger partial charge in [0.1, 0.15) is 0 Å². The number of likely N-dealkylation sites (tertiary alicyclic amines) is 1. The third-order valence-electron chi connectivity index (χ3n) is 4.29. The van der Waals surface area contributed by atoms with Crippen LogP contribution >= 0.6 is 0 Å². The maximum Gasteiger partial charge on any atom is 0.0125 e. The summed E-state index contributed by atoms with van der Waals surface area (Å²) in [5, 5.41) is 3.77. The van der Waals surface area contributed by atoms with Crippen LogP contribution in [0.1, 0.15) is 60.3 Å². The molecule has 0 aromatic heterocycles. The van der Waals surface area contributed by atoms with Gasteiger partial charge in [-0.05, 0) is 46.1 Å². The second-order valence-electron chi connectivity index (χ2n) is 6.52. The van der Waals surface area contributed by atoms with Gasteiger partial charge in [-0.3, -0.25) is 4.90 Å². The van der Waals surface area contributed by atoms with Gasteiger partial charge in [-0.1, -0.05) is 26.7 Å². The van der Waals surface area contributed by atoms with Gasteiger partial charge in [0.15, 0.2) is 0 Å². The zero-order valence-corrected chi connectivity index (χ0v) is 12.6. The molecule has 0 spiro atoms. The zero-order valence-electron chi connectivity index (χ0n) is 12.6. The molecule has 1 fully saturated rings. The lowest BCUT2D eigenvalue weighted by Gasteiger charge is -2.41. The smallest absolute Gasteiger partial charge is 0.0125 e. The van der Waals surface area contributed by atoms with E-state index in [9.17, 15) is 0 Å². The van der Waals surface area contributed by atoms with Crippen LogP contribution in [0.4, 0.5) is 0 Å². The first-order chi connectivity index (χ1) is 7.97. The van der Waals surface area contributed by atoms with Gasteiger partial charge >= 0.3 is 0 Å². The van der Waals surface area contributed by atoms with Crippen molar-refractivity contribution >= 4 is 0 Å². The summed E-state index contributed by atoms with van der Waals surface area (Å²) in [6.07, 6.45) is 5.25. The lowest BCUT2D eigenvalue weighted by atomic mass is 9.97. The topological polar surface area (TPSA) is 15.3 Å². The first-order valence-electron chi connectivity index (χ1n) is 7.45. The Morgan fingerprint density at radius 3 is 2.06 bits per heavy atom. The molecule has 0 atom stereocenters. The number of hydrogen-bond acceptors (Lipinski definition) is 2. The minimum absolute atomic E-state index is 0.348. The fourth-order valence-electron chi connectivity index (χ4n) is 2.67. The van der Waals surface area contributed by atoms with E-state index in [1.54, 1.807) is 0 Å². The van der Waals surface area contributed by atoms with Gasteiger partial charge in [0.05, 0.1) is 0 Å². The van der Waals surface area contributed by atoms with Crippen LogP contribution in [-0.2, 0) is 0 Å². The molecule has 1 N–H and O–H groups in total. The van der Waals surface area contributed by atoms with Crippen LogP contribution in [0.3, 0.4) is 0 Å². The van der Waals surface area contributed by atoms with E-state index in [2.05, 4.69) is 44.8 Å². The highest BCUT2D eigenvalue weighted by Gasteiger charge is 2.26. The summed E-state index contributed by atoms with van der Waals surface area (Å²) in [4.78, 5) is 2.61. The van der Waals surface area contributed by atoms with Gasteiger partial charge in [-0.15, -0.1) is 0 Å². The first kappa shape index (κ1) is 15.0. The third kappa shape index (κ3) is 4.97. The van der Waals surface area contributed by atoms with Gasteiger partial charge in [0.2, 0.25) is 0 Å². The highest BCUT2D eigenvalue weighted by atomic mass is 15.2. The molecule has 1 aliphatic rings. The molecule has 1 rings (SSSR count). The average Bonchev–Trinajstić information content (AvgIpc) is 2.30. The van der Waals surface area contributed by atoms with Gasteiger partial charge in [-0.2, -0.15) is 0 Å². The van der Waals surface area contributed by atoms with Crippen molar-refractivity contribution in [2.45, 2.75) is 71.9 Å². The van der Waals surface area contributed by atoms with Crippen LogP contribution in [0, 0.1) is 5.92 Å². The molecule has 2 nitrogen and oxygen atoms in total. The summed E-state index contributed by atoms with van der Waals surface area (Å²) in [6, 6.07) is 0.759. The lowest BCUT2D eigenvalue weighted by Crippen LogP contribution is -2.50. The fraction of sp³-hybridized carbons (Fsp3) is 1.00. The molecule has 0 bridgehead atoms. The molecule has 17 heavy (non-hydrogen) atoms. The summed E-state index contributed by atoms with van der Waals surface area (Å²) in [5.74, 6) is 0.871. The molecule has 0 aromatic rings. The number of nitrogens with zero attached hydrogens (tertiary/aromatic N) is 1. The Morgan fingerprint density at radius 1 is 1.12 bits per heavy atom. The average molecular weight is 240 g/mol. The Kier molecular flexibility index (Phi) is 5.94. The Balaban J connectivity index is 2.23. The Labute approximate surface area is 108 Å². The van der Waals surface area contributed by atoms with E-state index in [1.165, 1.54) is 45.3 Å². The predicted octanol–water partition coefficient (Wildman–Crippen LogP) is 3.28. The summed E-state index contributed by atoms with van der Waals surface area (Å²) in [5.41, 5.74) is 0.348. The normalized spacial score (nSPS) is 20.1. The molecule has 0 saturated carbocycles. The predicted molar refractivity (Wildman–Crippen MR) is 76.4 cm³/mol. The van der Waals surface area contributed by atoms with Crippen molar-refractivity contribution in [2.75, 3.05) is 19.6 Å². The van der Waals surface area contributed by atoms with Crippen molar-refractivity contribution < 1.29 is 0 Å². The second kappa shape index (κ2) is 6.75. The molecular formula is C15H32N2. The van der Waals surface area contributed by atoms with Crippen LogP contribution in [0.2, 0.25) is 0 Å². The van der Waals surface area contributed by atoms with Gasteiger partial charge in [0, 0.05) is 24.7 Å². The van der Waals surface area contributed by atoms with Crippen LogP contribution < -0.4 is 5.32 Å². The van der Waals surface area contributed by atoms with E-state index in [4.69, 9.17) is 0 Å². The number of nitrogens with one attached hydrogen (secondary N) is 1. The maximum absolute atomic E-state index is 3.77. The van der Waals surface area contributed by atoms with Crippen molar-refractivity contribution in [3.8, 4) is 0 Å². The molecule has 1 aliphatic heterocycles. The zero-order chi connectivity index (χ0) is 12.9. The molecule has 1 heterocycles. The molecular weight excluding hydrogens is 208 g/mol. The Hall–Kier alpha value is -0.0800. The minimum Gasteiger partial charge on any atom is -0.314 e. The van der Waals surface area contributed by atoms with E-state index in [0.717, 1.165) is 12.0 Å². The van der Waals surface area contributed by atoms with E-state index >= 15 is 0 Å². The quantitative estimate of drug-likeness (QED) is 0.793. The van der Waals surface area contributed by atoms with Crippen LogP contribution in [0.25, 0.3) is 0 Å². The van der Waals surface area contributed by atoms with Gasteiger partial charge in [-0.25, -0.2) is 0 Å². The van der Waals surface area contributed by atoms with E-state index in [-0.39, 0.29) is 0 Å². The first-order valence-corrected chi connectivity index (χ1v) is 7.45. The number of rotatable bonds is 5. The molecule has 102 valence electrons. The van der Waals surface area contributed by atoms with Crippen molar-refractivity contribution in [1.82, 2.24) is 10.2 Å². The molecule has 1 saturated heterocycles. The van der Waals surface area contributed by atoms with Crippen molar-refractivity contribution in [1.29, 1.82) is 0 Å². The third-order valence-corrected chi connectivity index (χ3v) is 4.29. The standard InChI is InChI=1S/C15H32N2/c1-6-13(7-2)12-16-14-8-10-17(11-9-14)15(3,4)5/h13-14,16H,6-12H2,1-5H3. The molecule has 0 aromatic carbocycles. The number of piperidine rings is 1. The van der Waals surface area contributed by atoms with Crippen molar-refractivity contribution in [2.24, 2.45) is 5.92 Å². The highest BCUT2D eigenvalue weighted by molar-refractivity contribution is 4.84. The van der Waals surface area contributed by atoms with Crippen LogP contribution in [0.15, 0.2) is 0 Å². The molecule has 0 radical (unpaired) electrons. The summed E-state index contributed by atoms with van der Waals surface area (Å²) in [7, 11) is 0. The fourth-order valence-corrected chi connectivity index (χ4v) is 2.67. The van der Waals surface area contributed by atoms with Crippen molar-refractivity contribution in [3.05, 3.63) is 0 Å². The van der Waals surface area contributed by atoms with Crippen molar-refractivity contribution in [3.63, 3.8) is 0 Å². The van der Waals surface area contributed by atoms with E-state index in [1.807, 2.05) is 0 Å². The van der Waals surface area contributed by atoms with Crippen LogP contribution in [-0.4, -0.2) is 36.1 Å². The molecule has 2 heteroatoms. The summed E-state index contributed by atoms with van der Waals surface area (Å²) in [6.45, 7) is 15.3. The number of hydrogen-bond donors (Lipinski definition) is 1. The molecule has 0 aliphatic carbocycles. The Morgan fingerprint density at radius 2 is 1.65 bits per heavy atom. The Bertz CT molecular complexity index is 195. The van der Waals surface area contributed by atoms with Crippen LogP contribution in [0.5, 0.6) is 0 Å². The second-order valence-corrected chi connectivity index (χ2v) is 6.52. The van der Waals surface area contributed by atoms with E-state index < -0.39 is 0 Å². The lowest BCUT2D eigenvalue weighted by molar-refractivity contribution is 0.0953. The highest BCUT2D eigenvalue weighted by Crippen LogP contribution is 2.20. The minimum atomic E-state index is 0.348. The van der Waals surface area contributed by atoms with E-state index in [0.29, 0.717) is 5.54 Å². The molecule has 0 unspecified atom stereocenters. The van der Waals surface area contributed by atoms with Gasteiger partial charge < -0.3 is 5.32 Å². The largest absolute Gasteiger partial charge is 0.314 e. The maximum atomic E-state index is 3.77. The summed E-state index contributed by atoms with van der Waals surface area (Å²) >= 11 is 0. The monoisotopic (exact) mass is 240 g/mol. The SMILES string of the molecule is CCC(CC)CNC1CCN(C(C)(C)C)CC1. The summed E-state index contributed by atoms with van der Waals surface area (Å²) < 4.78 is 0.